The van der Waals surface area contributed by atoms with Crippen LogP contribution in [0.1, 0.15) is 65.5 Å². The predicted octanol–water partition coefficient (Wildman–Crippen LogP) is 5.96. The average Bonchev–Trinajstić information content (AvgIpc) is 2.92. The Morgan fingerprint density at radius 2 is 1.07 bits per heavy atom. The number of amidine groups is 3. The van der Waals surface area contributed by atoms with E-state index in [9.17, 15) is 0 Å². The second kappa shape index (κ2) is 10.6. The molecule has 0 radical (unpaired) electrons. The van der Waals surface area contributed by atoms with Crippen molar-refractivity contribution in [2.75, 3.05) is 14.2 Å². The molecule has 0 saturated heterocycles. The quantitative estimate of drug-likeness (QED) is 0.455. The molecule has 0 N–H and O–H groups in total. The third-order valence-corrected chi connectivity index (χ3v) is 8.77. The number of aryl methyl sites for hydroxylation is 4. The third-order valence-electron chi connectivity index (χ3n) is 7.57. The first-order chi connectivity index (χ1) is 19.3. The first-order valence-corrected chi connectivity index (χ1v) is 14.5. The van der Waals surface area contributed by atoms with Crippen LogP contribution in [-0.2, 0) is 0 Å². The first kappa shape index (κ1) is 26.4. The van der Waals surface area contributed by atoms with Gasteiger partial charge < -0.3 is 9.47 Å². The van der Waals surface area contributed by atoms with Crippen molar-refractivity contribution in [1.82, 2.24) is 4.90 Å². The van der Waals surface area contributed by atoms with Crippen molar-refractivity contribution in [3.8, 4) is 11.5 Å². The van der Waals surface area contributed by atoms with Gasteiger partial charge in [-0.2, -0.15) is 30.0 Å². The molecule has 2 aromatic carbocycles. The number of rotatable bonds is 5. The summed E-state index contributed by atoms with van der Waals surface area (Å²) in [5.41, 5.74) is 5.96. The number of guanidine groups is 3. The van der Waals surface area contributed by atoms with Crippen LogP contribution in [0.15, 0.2) is 54.2 Å². The van der Waals surface area contributed by atoms with E-state index in [1.165, 1.54) is 32.1 Å². The van der Waals surface area contributed by atoms with Gasteiger partial charge in [-0.3, -0.25) is 0 Å². The zero-order valence-corrected chi connectivity index (χ0v) is 24.6. The monoisotopic (exact) mass is 555 g/mol. The second-order valence-corrected chi connectivity index (χ2v) is 11.8. The Morgan fingerprint density at radius 1 is 0.625 bits per heavy atom. The molecule has 206 valence electrons. The van der Waals surface area contributed by atoms with Gasteiger partial charge in [-0.15, -0.1) is 0 Å². The van der Waals surface area contributed by atoms with E-state index < -0.39 is 0 Å². The van der Waals surface area contributed by atoms with Crippen molar-refractivity contribution < 1.29 is 9.47 Å². The van der Waals surface area contributed by atoms with Crippen molar-refractivity contribution in [3.63, 3.8) is 0 Å². The maximum Gasteiger partial charge on any atom is 0.244 e. The number of ether oxygens (including phenoxy) is 2. The average molecular weight is 556 g/mol. The van der Waals surface area contributed by atoms with E-state index in [-0.39, 0.29) is 0 Å². The number of nitrogens with zero attached hydrogens (tertiary/aromatic N) is 7. The second-order valence-electron chi connectivity index (χ2n) is 10.5. The van der Waals surface area contributed by atoms with Crippen molar-refractivity contribution >= 4 is 46.5 Å². The summed E-state index contributed by atoms with van der Waals surface area (Å²) < 4.78 is 11.0. The molecular weight excluding hydrogens is 522 g/mol. The molecule has 2 aromatic rings. The fraction of sp³-hybridized carbons (Fsp3) is 0.400. The summed E-state index contributed by atoms with van der Waals surface area (Å²) in [5.74, 6) is 4.18. The van der Waals surface area contributed by atoms with Gasteiger partial charge in [0, 0.05) is 16.4 Å². The minimum absolute atomic E-state index is 0.457. The van der Waals surface area contributed by atoms with Crippen molar-refractivity contribution in [2.24, 2.45) is 30.0 Å². The van der Waals surface area contributed by atoms with Gasteiger partial charge in [0.05, 0.1) is 14.2 Å². The minimum Gasteiger partial charge on any atom is -0.497 e. The Balaban J connectivity index is 1.50. The summed E-state index contributed by atoms with van der Waals surface area (Å²) in [6.45, 7) is 8.17. The Kier molecular flexibility index (Phi) is 7.04. The lowest BCUT2D eigenvalue weighted by atomic mass is 10.0. The minimum atomic E-state index is 0.457. The van der Waals surface area contributed by atoms with Crippen molar-refractivity contribution in [1.29, 1.82) is 0 Å². The predicted molar refractivity (Wildman–Crippen MR) is 164 cm³/mol. The Hall–Kier alpha value is -3.79. The zero-order chi connectivity index (χ0) is 28.0. The molecule has 0 bridgehead atoms. The smallest absolute Gasteiger partial charge is 0.244 e. The maximum absolute atomic E-state index is 5.49. The van der Waals surface area contributed by atoms with E-state index in [2.05, 4.69) is 0 Å². The van der Waals surface area contributed by atoms with E-state index in [4.69, 9.17) is 39.4 Å². The van der Waals surface area contributed by atoms with Crippen LogP contribution in [0.4, 0.5) is 0 Å². The van der Waals surface area contributed by atoms with Crippen LogP contribution in [0.25, 0.3) is 0 Å². The molecule has 0 amide bonds. The lowest BCUT2D eigenvalue weighted by molar-refractivity contribution is 0.414. The fourth-order valence-corrected chi connectivity index (χ4v) is 6.80. The van der Waals surface area contributed by atoms with E-state index in [1.54, 1.807) is 30.9 Å². The van der Waals surface area contributed by atoms with E-state index in [0.717, 1.165) is 44.9 Å². The largest absolute Gasteiger partial charge is 0.497 e. The van der Waals surface area contributed by atoms with Gasteiger partial charge in [0.25, 0.3) is 0 Å². The number of hydrogen-bond acceptors (Lipinski definition) is 10. The Labute approximate surface area is 239 Å². The van der Waals surface area contributed by atoms with E-state index in [0.29, 0.717) is 40.0 Å². The van der Waals surface area contributed by atoms with Crippen LogP contribution in [0, 0.1) is 27.7 Å². The van der Waals surface area contributed by atoms with Gasteiger partial charge in [-0.25, -0.2) is 4.90 Å². The molecule has 1 fully saturated rings. The van der Waals surface area contributed by atoms with Gasteiger partial charge in [-0.1, -0.05) is 31.0 Å². The number of thioether (sulfide) groups is 1. The van der Waals surface area contributed by atoms with Gasteiger partial charge in [0.1, 0.15) is 11.5 Å². The maximum atomic E-state index is 5.49. The SMILES string of the molecule is COc1cc(C)c(C2=NC3=NC(SC4CCCCC4)=NC4=NC(c5c(C)cc(OC)cc5C)=NC(=N2)N34)c(C)c1. The van der Waals surface area contributed by atoms with Crippen molar-refractivity contribution in [2.45, 2.75) is 65.0 Å². The zero-order valence-electron chi connectivity index (χ0n) is 23.8. The summed E-state index contributed by atoms with van der Waals surface area (Å²) in [6, 6.07) is 7.99. The molecule has 0 aromatic heterocycles. The molecule has 3 heterocycles. The fourth-order valence-electron chi connectivity index (χ4n) is 5.67. The van der Waals surface area contributed by atoms with Crippen LogP contribution >= 0.6 is 11.8 Å². The molecule has 10 heteroatoms. The lowest BCUT2D eigenvalue weighted by Crippen LogP contribution is -2.48. The summed E-state index contributed by atoms with van der Waals surface area (Å²) in [6.07, 6.45) is 6.14. The molecule has 6 rings (SSSR count). The van der Waals surface area contributed by atoms with Crippen molar-refractivity contribution in [3.05, 3.63) is 57.6 Å². The normalized spacial score (nSPS) is 18.6. The number of hydrogen-bond donors (Lipinski definition) is 0. The van der Waals surface area contributed by atoms with Gasteiger partial charge >= 0.3 is 0 Å². The topological polar surface area (TPSA) is 95.9 Å². The number of aliphatic imine (C=N–C) groups is 6. The first-order valence-electron chi connectivity index (χ1n) is 13.6. The summed E-state index contributed by atoms with van der Waals surface area (Å²) in [4.78, 5) is 31.3. The summed E-state index contributed by atoms with van der Waals surface area (Å²) in [5, 5.41) is 1.19. The molecule has 3 aliphatic heterocycles. The Bertz CT molecular complexity index is 1470. The van der Waals surface area contributed by atoms with Crippen LogP contribution in [0.3, 0.4) is 0 Å². The highest BCUT2D eigenvalue weighted by Crippen LogP contribution is 2.33. The van der Waals surface area contributed by atoms with Crippen LogP contribution < -0.4 is 9.47 Å². The van der Waals surface area contributed by atoms with Gasteiger partial charge in [-0.05, 0) is 87.1 Å². The highest BCUT2D eigenvalue weighted by Gasteiger charge is 2.37. The lowest BCUT2D eigenvalue weighted by Gasteiger charge is -2.31. The van der Waals surface area contributed by atoms with Crippen LogP contribution in [0.5, 0.6) is 11.5 Å². The number of methoxy groups -OCH3 is 2. The van der Waals surface area contributed by atoms with E-state index in [1.807, 2.05) is 52.0 Å². The third kappa shape index (κ3) is 4.85. The molecule has 4 aliphatic rings. The molecule has 0 unspecified atom stereocenters. The Morgan fingerprint density at radius 3 is 1.55 bits per heavy atom. The molecule has 1 aliphatic carbocycles. The standard InChI is InChI=1S/C30H33N7O2S/c1-16-12-20(38-5)13-17(2)23(16)25-31-27-32-26(24-18(3)14-21(39-6)15-19(24)4)34-29-36-30(35-28(33-25)37(27)29)40-22-10-8-7-9-11-22/h12-15,22H,7-11H2,1-6H3. The summed E-state index contributed by atoms with van der Waals surface area (Å²) >= 11 is 1.73. The summed E-state index contributed by atoms with van der Waals surface area (Å²) in [7, 11) is 3.35. The van der Waals surface area contributed by atoms with Gasteiger partial charge in [0.2, 0.25) is 17.9 Å². The number of benzene rings is 2. The highest BCUT2D eigenvalue weighted by atomic mass is 32.2. The van der Waals surface area contributed by atoms with Gasteiger partial charge in [0.15, 0.2) is 16.8 Å². The molecule has 0 spiro atoms. The van der Waals surface area contributed by atoms with Crippen LogP contribution in [0.2, 0.25) is 0 Å². The highest BCUT2D eigenvalue weighted by molar-refractivity contribution is 8.14. The molecule has 0 atom stereocenters. The molecule has 1 saturated carbocycles. The molecule has 9 nitrogen and oxygen atoms in total. The van der Waals surface area contributed by atoms with E-state index >= 15 is 0 Å². The molecular formula is C30H33N7O2S. The van der Waals surface area contributed by atoms with Crippen LogP contribution in [-0.4, -0.2) is 59.1 Å². The molecule has 40 heavy (non-hydrogen) atoms.